The van der Waals surface area contributed by atoms with Gasteiger partial charge in [0, 0.05) is 47.7 Å². The molecule has 4 aromatic rings. The molecule has 2 fully saturated rings. The molecule has 9 heteroatoms. The number of benzene rings is 2. The predicted molar refractivity (Wildman–Crippen MR) is 149 cm³/mol. The number of anilines is 3. The lowest BCUT2D eigenvalue weighted by Gasteiger charge is -2.18. The van der Waals surface area contributed by atoms with Crippen LogP contribution >= 0.6 is 34.8 Å². The van der Waals surface area contributed by atoms with Gasteiger partial charge in [-0.25, -0.2) is 19.9 Å². The predicted octanol–water partition coefficient (Wildman–Crippen LogP) is 7.24. The maximum atomic E-state index is 5.89. The Morgan fingerprint density at radius 1 is 0.703 bits per heavy atom. The quantitative estimate of drug-likeness (QED) is 0.199. The van der Waals surface area contributed by atoms with Crippen LogP contribution < -0.4 is 10.2 Å². The molecule has 0 saturated heterocycles. The van der Waals surface area contributed by atoms with Gasteiger partial charge in [-0.15, -0.1) is 0 Å². The third-order valence-corrected chi connectivity index (χ3v) is 8.10. The van der Waals surface area contributed by atoms with Gasteiger partial charge in [0.2, 0.25) is 10.6 Å². The van der Waals surface area contributed by atoms with E-state index < -0.39 is 0 Å². The smallest absolute Gasteiger partial charge is 0.224 e. The first-order valence-corrected chi connectivity index (χ1v) is 13.4. The van der Waals surface area contributed by atoms with Gasteiger partial charge in [-0.3, -0.25) is 0 Å². The van der Waals surface area contributed by atoms with Crippen molar-refractivity contribution >= 4 is 52.0 Å². The number of nitrogens with one attached hydrogen (secondary N) is 1. The number of rotatable bonds is 1. The fourth-order valence-corrected chi connectivity index (χ4v) is 5.73. The van der Waals surface area contributed by atoms with Crippen LogP contribution in [0.2, 0.25) is 15.7 Å². The molecule has 0 amide bonds. The Morgan fingerprint density at radius 3 is 2.00 bits per heavy atom. The Bertz CT molecular complexity index is 1420. The van der Waals surface area contributed by atoms with Crippen molar-refractivity contribution in [3.8, 4) is 0 Å². The number of nitrogens with zero attached hydrogens (tertiary/aromatic N) is 5. The maximum Gasteiger partial charge on any atom is 0.224 e. The van der Waals surface area contributed by atoms with Crippen LogP contribution in [0.25, 0.3) is 0 Å². The minimum atomic E-state index is 0.178. The van der Waals surface area contributed by atoms with Crippen LogP contribution in [-0.4, -0.2) is 33.0 Å². The summed E-state index contributed by atoms with van der Waals surface area (Å²) in [6.45, 7) is 2.19. The highest BCUT2D eigenvalue weighted by Crippen LogP contribution is 2.57. The van der Waals surface area contributed by atoms with E-state index in [1.165, 1.54) is 55.4 Å². The molecule has 8 rings (SSSR count). The third kappa shape index (κ3) is 4.98. The zero-order valence-electron chi connectivity index (χ0n) is 20.0. The van der Waals surface area contributed by atoms with Crippen molar-refractivity contribution in [1.29, 1.82) is 0 Å². The van der Waals surface area contributed by atoms with E-state index >= 15 is 0 Å². The summed E-state index contributed by atoms with van der Waals surface area (Å²) in [4.78, 5) is 17.7. The van der Waals surface area contributed by atoms with Gasteiger partial charge in [0.15, 0.2) is 0 Å². The van der Waals surface area contributed by atoms with Gasteiger partial charge in [-0.1, -0.05) is 48.0 Å². The molecule has 1 N–H and O–H groups in total. The Kier molecular flexibility index (Phi) is 6.43. The number of hydrogen-bond acceptors (Lipinski definition) is 6. The number of aromatic nitrogens is 4. The van der Waals surface area contributed by atoms with E-state index in [9.17, 15) is 0 Å². The number of hydrogen-bond donors (Lipinski definition) is 1. The van der Waals surface area contributed by atoms with Gasteiger partial charge in [-0.2, -0.15) is 0 Å². The standard InChI is InChI=1S/C14H12ClN3.C10H11N.C4H2Cl2N2/c15-13-16-8-5-12(17-13)18-9-14(6-7-14)10-3-1-2-4-11(10)18;1-2-4-9-8(3-1)10(5-6-10)7-11-9;5-3-1-2-7-4(6)8-3/h1-5,8H,6-7,9H2;1-4,11H,5-7H2;1-2H. The van der Waals surface area contributed by atoms with Crippen LogP contribution in [0.4, 0.5) is 17.2 Å². The average molecular weight is 552 g/mol. The van der Waals surface area contributed by atoms with E-state index in [0.717, 1.165) is 12.4 Å². The molecule has 0 bridgehead atoms. The number of fused-ring (bicyclic) bond motifs is 4. The molecular weight excluding hydrogens is 527 g/mol. The first kappa shape index (κ1) is 24.4. The summed E-state index contributed by atoms with van der Waals surface area (Å²) in [5.74, 6) is 0.895. The maximum absolute atomic E-state index is 5.89. The molecular formula is C28H25Cl3N6. The van der Waals surface area contributed by atoms with Crippen LogP contribution in [0, 0.1) is 0 Å². The minimum Gasteiger partial charge on any atom is -0.384 e. The van der Waals surface area contributed by atoms with Crippen molar-refractivity contribution in [2.24, 2.45) is 0 Å². The molecule has 2 aliphatic carbocycles. The summed E-state index contributed by atoms with van der Waals surface area (Å²) < 4.78 is 0. The van der Waals surface area contributed by atoms with Crippen LogP contribution in [0.5, 0.6) is 0 Å². The lowest BCUT2D eigenvalue weighted by molar-refractivity contribution is 0.740. The van der Waals surface area contributed by atoms with Crippen LogP contribution in [0.1, 0.15) is 36.8 Å². The highest BCUT2D eigenvalue weighted by molar-refractivity contribution is 6.31. The third-order valence-electron chi connectivity index (χ3n) is 7.53. The number of para-hydroxylation sites is 2. The minimum absolute atomic E-state index is 0.178. The lowest BCUT2D eigenvalue weighted by Crippen LogP contribution is -2.20. The Balaban J connectivity index is 0.000000113. The molecule has 2 aliphatic heterocycles. The molecule has 6 nitrogen and oxygen atoms in total. The van der Waals surface area contributed by atoms with Crippen molar-refractivity contribution in [3.05, 3.63) is 99.9 Å². The van der Waals surface area contributed by atoms with Gasteiger partial charge in [0.05, 0.1) is 0 Å². The Morgan fingerprint density at radius 2 is 1.35 bits per heavy atom. The fraction of sp³-hybridized carbons (Fsp3) is 0.286. The molecule has 0 unspecified atom stereocenters. The SMILES string of the molecule is Clc1ccnc(Cl)n1.Clc1nccc(N2CC3(CC3)c3ccccc32)n1.c1ccc2c(c1)NCC21CC1. The molecule has 0 atom stereocenters. The second-order valence-corrected chi connectivity index (χ2v) is 11.0. The van der Waals surface area contributed by atoms with E-state index in [0.29, 0.717) is 21.3 Å². The van der Waals surface area contributed by atoms with Crippen molar-refractivity contribution < 1.29 is 0 Å². The Labute approximate surface area is 231 Å². The molecule has 188 valence electrons. The van der Waals surface area contributed by atoms with E-state index in [1.807, 2.05) is 6.07 Å². The summed E-state index contributed by atoms with van der Waals surface area (Å²) in [5.41, 5.74) is 6.58. The van der Waals surface area contributed by atoms with Gasteiger partial charge >= 0.3 is 0 Å². The van der Waals surface area contributed by atoms with Gasteiger partial charge in [0.25, 0.3) is 0 Å². The summed E-state index contributed by atoms with van der Waals surface area (Å²) in [6, 6.07) is 20.8. The first-order chi connectivity index (χ1) is 18.0. The highest BCUT2D eigenvalue weighted by Gasteiger charge is 2.52. The largest absolute Gasteiger partial charge is 0.384 e. The van der Waals surface area contributed by atoms with Gasteiger partial charge in [0.1, 0.15) is 11.0 Å². The summed E-state index contributed by atoms with van der Waals surface area (Å²) in [6.07, 6.45) is 8.54. The van der Waals surface area contributed by atoms with Crippen molar-refractivity contribution in [3.63, 3.8) is 0 Å². The summed E-state index contributed by atoms with van der Waals surface area (Å²) in [5, 5.41) is 4.30. The van der Waals surface area contributed by atoms with E-state index in [2.05, 4.69) is 78.7 Å². The second-order valence-electron chi connectivity index (χ2n) is 9.90. The average Bonchev–Trinajstić information content (AvgIpc) is 3.80. The van der Waals surface area contributed by atoms with E-state index in [4.69, 9.17) is 34.8 Å². The molecule has 37 heavy (non-hydrogen) atoms. The number of halogens is 3. The molecule has 4 aliphatic rings. The van der Waals surface area contributed by atoms with Crippen molar-refractivity contribution in [2.45, 2.75) is 36.5 Å². The summed E-state index contributed by atoms with van der Waals surface area (Å²) >= 11 is 16.6. The zero-order valence-corrected chi connectivity index (χ0v) is 22.3. The molecule has 4 heterocycles. The molecule has 0 radical (unpaired) electrons. The Hall–Kier alpha value is -2.93. The van der Waals surface area contributed by atoms with Crippen molar-refractivity contribution in [2.75, 3.05) is 23.3 Å². The summed E-state index contributed by atoms with van der Waals surface area (Å²) in [7, 11) is 0. The zero-order chi connectivity index (χ0) is 25.5. The topological polar surface area (TPSA) is 66.8 Å². The lowest BCUT2D eigenvalue weighted by atomic mass is 9.99. The fourth-order valence-electron chi connectivity index (χ4n) is 5.26. The molecule has 2 aromatic carbocycles. The van der Waals surface area contributed by atoms with E-state index in [-0.39, 0.29) is 5.28 Å². The van der Waals surface area contributed by atoms with Gasteiger partial charge < -0.3 is 10.2 Å². The molecule has 2 saturated carbocycles. The molecule has 2 aromatic heterocycles. The van der Waals surface area contributed by atoms with E-state index in [1.54, 1.807) is 17.8 Å². The molecule has 2 spiro atoms. The van der Waals surface area contributed by atoms with Crippen LogP contribution in [0.15, 0.2) is 73.1 Å². The van der Waals surface area contributed by atoms with Crippen LogP contribution in [-0.2, 0) is 10.8 Å². The highest BCUT2D eigenvalue weighted by atomic mass is 35.5. The van der Waals surface area contributed by atoms with Crippen LogP contribution in [0.3, 0.4) is 0 Å². The normalized spacial score (nSPS) is 18.1. The van der Waals surface area contributed by atoms with Crippen molar-refractivity contribution in [1.82, 2.24) is 19.9 Å². The second kappa shape index (κ2) is 9.75. The van der Waals surface area contributed by atoms with Gasteiger partial charge in [-0.05, 0) is 84.3 Å². The first-order valence-electron chi connectivity index (χ1n) is 12.3. The monoisotopic (exact) mass is 550 g/mol.